The molecule has 0 saturated carbocycles. The van der Waals surface area contributed by atoms with E-state index in [2.05, 4.69) is 21.9 Å². The molecule has 0 bridgehead atoms. The van der Waals surface area contributed by atoms with E-state index in [1.807, 2.05) is 0 Å². The van der Waals surface area contributed by atoms with E-state index in [-0.39, 0.29) is 5.56 Å². The Balaban J connectivity index is 1.79. The minimum atomic E-state index is -0.107. The van der Waals surface area contributed by atoms with E-state index >= 15 is 0 Å². The SMILES string of the molecule is CCC1CCN(Cc2cc(=O)n3ncsc3n2)C(CN)C1. The second kappa shape index (κ2) is 6.21. The first-order chi connectivity index (χ1) is 10.2. The highest BCUT2D eigenvalue weighted by Crippen LogP contribution is 2.25. The molecular formula is C14H21N5OS. The van der Waals surface area contributed by atoms with Crippen molar-refractivity contribution in [3.8, 4) is 0 Å². The lowest BCUT2D eigenvalue weighted by molar-refractivity contribution is 0.106. The molecular weight excluding hydrogens is 286 g/mol. The molecule has 2 unspecified atom stereocenters. The van der Waals surface area contributed by atoms with Gasteiger partial charge in [0.05, 0.1) is 5.69 Å². The van der Waals surface area contributed by atoms with Crippen LogP contribution in [0.5, 0.6) is 0 Å². The summed E-state index contributed by atoms with van der Waals surface area (Å²) < 4.78 is 1.35. The Bertz CT molecular complexity index is 667. The third kappa shape index (κ3) is 3.00. The van der Waals surface area contributed by atoms with Crippen molar-refractivity contribution >= 4 is 16.3 Å². The van der Waals surface area contributed by atoms with Gasteiger partial charge >= 0.3 is 0 Å². The fraction of sp³-hybridized carbons (Fsp3) is 0.643. The van der Waals surface area contributed by atoms with Gasteiger partial charge in [0.1, 0.15) is 5.51 Å². The fourth-order valence-corrected chi connectivity index (χ4v) is 3.74. The van der Waals surface area contributed by atoms with Gasteiger partial charge < -0.3 is 5.73 Å². The minimum Gasteiger partial charge on any atom is -0.329 e. The summed E-state index contributed by atoms with van der Waals surface area (Å²) >= 11 is 1.39. The van der Waals surface area contributed by atoms with Crippen molar-refractivity contribution in [1.29, 1.82) is 0 Å². The molecule has 0 spiro atoms. The quantitative estimate of drug-likeness (QED) is 0.915. The van der Waals surface area contributed by atoms with Crippen LogP contribution in [0.2, 0.25) is 0 Å². The smallest absolute Gasteiger partial charge is 0.275 e. The second-order valence-corrected chi connectivity index (χ2v) is 6.49. The van der Waals surface area contributed by atoms with Crippen LogP contribution in [0, 0.1) is 5.92 Å². The zero-order valence-electron chi connectivity index (χ0n) is 12.2. The Morgan fingerprint density at radius 3 is 3.14 bits per heavy atom. The van der Waals surface area contributed by atoms with Crippen LogP contribution in [0.1, 0.15) is 31.9 Å². The van der Waals surface area contributed by atoms with Gasteiger partial charge in [0, 0.05) is 25.2 Å². The molecule has 6 nitrogen and oxygen atoms in total. The molecule has 2 N–H and O–H groups in total. The number of aromatic nitrogens is 3. The van der Waals surface area contributed by atoms with Crippen LogP contribution < -0.4 is 11.3 Å². The van der Waals surface area contributed by atoms with Gasteiger partial charge in [-0.2, -0.15) is 9.61 Å². The van der Waals surface area contributed by atoms with Crippen molar-refractivity contribution < 1.29 is 0 Å². The van der Waals surface area contributed by atoms with Gasteiger partial charge in [0.15, 0.2) is 0 Å². The highest BCUT2D eigenvalue weighted by molar-refractivity contribution is 7.14. The third-order valence-electron chi connectivity index (χ3n) is 4.40. The van der Waals surface area contributed by atoms with E-state index < -0.39 is 0 Å². The maximum atomic E-state index is 12.0. The normalized spacial score (nSPS) is 23.7. The van der Waals surface area contributed by atoms with Crippen molar-refractivity contribution in [3.05, 3.63) is 27.6 Å². The molecule has 1 saturated heterocycles. The summed E-state index contributed by atoms with van der Waals surface area (Å²) in [6.45, 7) is 4.64. The number of nitrogens with zero attached hydrogens (tertiary/aromatic N) is 4. The van der Waals surface area contributed by atoms with Crippen LogP contribution in [0.15, 0.2) is 16.4 Å². The lowest BCUT2D eigenvalue weighted by Crippen LogP contribution is -2.46. The summed E-state index contributed by atoms with van der Waals surface area (Å²) in [6.07, 6.45) is 3.57. The summed E-state index contributed by atoms with van der Waals surface area (Å²) in [6, 6.07) is 1.98. The van der Waals surface area contributed by atoms with Crippen LogP contribution >= 0.6 is 11.3 Å². The first-order valence-corrected chi connectivity index (χ1v) is 8.35. The van der Waals surface area contributed by atoms with Crippen LogP contribution in [0.3, 0.4) is 0 Å². The maximum Gasteiger partial charge on any atom is 0.275 e. The van der Waals surface area contributed by atoms with Gasteiger partial charge in [-0.3, -0.25) is 9.69 Å². The fourth-order valence-electron chi connectivity index (χ4n) is 3.10. The number of piperidine rings is 1. The standard InChI is InChI=1S/C14H21N5OS/c1-2-10-3-4-18(12(5-10)7-15)8-11-6-13(20)19-14(17-11)21-9-16-19/h6,9-10,12H,2-5,7-8,15H2,1H3. The largest absolute Gasteiger partial charge is 0.329 e. The van der Waals surface area contributed by atoms with Crippen molar-refractivity contribution in [2.45, 2.75) is 38.8 Å². The predicted molar refractivity (Wildman–Crippen MR) is 83.4 cm³/mol. The molecule has 2 aromatic rings. The average Bonchev–Trinajstić information content (AvgIpc) is 2.96. The molecule has 3 heterocycles. The van der Waals surface area contributed by atoms with E-state index in [9.17, 15) is 4.79 Å². The Labute approximate surface area is 127 Å². The number of hydrogen-bond donors (Lipinski definition) is 1. The van der Waals surface area contributed by atoms with E-state index in [1.165, 1.54) is 28.7 Å². The summed E-state index contributed by atoms with van der Waals surface area (Å²) in [7, 11) is 0. The van der Waals surface area contributed by atoms with E-state index in [1.54, 1.807) is 11.6 Å². The van der Waals surface area contributed by atoms with Crippen LogP contribution in [-0.2, 0) is 6.54 Å². The van der Waals surface area contributed by atoms with Crippen LogP contribution in [0.4, 0.5) is 0 Å². The van der Waals surface area contributed by atoms with Crippen molar-refractivity contribution in [2.24, 2.45) is 11.7 Å². The summed E-state index contributed by atoms with van der Waals surface area (Å²) in [5, 5.41) is 3.98. The zero-order chi connectivity index (χ0) is 14.8. The van der Waals surface area contributed by atoms with Gasteiger partial charge in [-0.05, 0) is 25.3 Å². The van der Waals surface area contributed by atoms with Crippen molar-refractivity contribution in [3.63, 3.8) is 0 Å². The van der Waals surface area contributed by atoms with Crippen molar-refractivity contribution in [2.75, 3.05) is 13.1 Å². The molecule has 0 radical (unpaired) electrons. The first-order valence-electron chi connectivity index (χ1n) is 7.47. The number of fused-ring (bicyclic) bond motifs is 1. The minimum absolute atomic E-state index is 0.107. The average molecular weight is 307 g/mol. The van der Waals surface area contributed by atoms with Crippen molar-refractivity contribution in [1.82, 2.24) is 19.5 Å². The third-order valence-corrected chi connectivity index (χ3v) is 5.08. The number of likely N-dealkylation sites (tertiary alicyclic amines) is 1. The van der Waals surface area contributed by atoms with Crippen LogP contribution in [-0.4, -0.2) is 38.6 Å². The maximum absolute atomic E-state index is 12.0. The molecule has 1 aliphatic heterocycles. The molecule has 114 valence electrons. The molecule has 2 aromatic heterocycles. The first kappa shape index (κ1) is 14.6. The monoisotopic (exact) mass is 307 g/mol. The van der Waals surface area contributed by atoms with Gasteiger partial charge in [-0.15, -0.1) is 0 Å². The molecule has 3 rings (SSSR count). The Hall–Kier alpha value is -1.31. The number of nitrogens with two attached hydrogens (primary N) is 1. The molecule has 21 heavy (non-hydrogen) atoms. The van der Waals surface area contributed by atoms with Gasteiger partial charge in [-0.25, -0.2) is 4.98 Å². The summed E-state index contributed by atoms with van der Waals surface area (Å²) in [5.74, 6) is 0.775. The van der Waals surface area contributed by atoms with Crippen LogP contribution in [0.25, 0.3) is 4.96 Å². The molecule has 0 aliphatic carbocycles. The lowest BCUT2D eigenvalue weighted by Gasteiger charge is -2.38. The molecule has 2 atom stereocenters. The second-order valence-electron chi connectivity index (χ2n) is 5.68. The predicted octanol–water partition coefficient (Wildman–Crippen LogP) is 1.10. The Morgan fingerprint density at radius 1 is 1.52 bits per heavy atom. The highest BCUT2D eigenvalue weighted by atomic mass is 32.1. The Morgan fingerprint density at radius 2 is 2.38 bits per heavy atom. The number of rotatable bonds is 4. The molecule has 0 aromatic carbocycles. The number of hydrogen-bond acceptors (Lipinski definition) is 6. The molecule has 1 aliphatic rings. The molecule has 1 fully saturated rings. The highest BCUT2D eigenvalue weighted by Gasteiger charge is 2.27. The molecule has 0 amide bonds. The van der Waals surface area contributed by atoms with Gasteiger partial charge in [-0.1, -0.05) is 24.7 Å². The topological polar surface area (TPSA) is 76.5 Å². The van der Waals surface area contributed by atoms with Gasteiger partial charge in [0.2, 0.25) is 4.96 Å². The summed E-state index contributed by atoms with van der Waals surface area (Å²) in [4.78, 5) is 19.5. The van der Waals surface area contributed by atoms with E-state index in [0.717, 1.165) is 24.6 Å². The van der Waals surface area contributed by atoms with E-state index in [0.29, 0.717) is 24.1 Å². The molecule has 7 heteroatoms. The van der Waals surface area contributed by atoms with Gasteiger partial charge in [0.25, 0.3) is 5.56 Å². The zero-order valence-corrected chi connectivity index (χ0v) is 13.1. The summed E-state index contributed by atoms with van der Waals surface area (Å²) in [5.41, 5.74) is 8.28. The Kier molecular flexibility index (Phi) is 4.32. The lowest BCUT2D eigenvalue weighted by atomic mass is 9.89. The van der Waals surface area contributed by atoms with E-state index in [4.69, 9.17) is 5.73 Å².